The van der Waals surface area contributed by atoms with Gasteiger partial charge < -0.3 is 19.5 Å². The van der Waals surface area contributed by atoms with E-state index in [0.29, 0.717) is 17.4 Å². The van der Waals surface area contributed by atoms with Gasteiger partial charge in [0.2, 0.25) is 5.95 Å². The Kier molecular flexibility index (Phi) is 7.72. The van der Waals surface area contributed by atoms with E-state index in [1.165, 1.54) is 12.0 Å². The monoisotopic (exact) mass is 568 g/mol. The zero-order valence-corrected chi connectivity index (χ0v) is 24.1. The number of carbonyl (C=O) groups excluding carboxylic acids is 2. The van der Waals surface area contributed by atoms with E-state index >= 15 is 0 Å². The number of hydrogen-bond donors (Lipinski definition) is 1. The summed E-state index contributed by atoms with van der Waals surface area (Å²) in [6.45, 7) is 5.47. The number of hydrogen-bond acceptors (Lipinski definition) is 9. The summed E-state index contributed by atoms with van der Waals surface area (Å²) < 4.78 is 18.6. The minimum atomic E-state index is -0.824. The molecule has 0 saturated carbocycles. The molecule has 1 aliphatic heterocycles. The van der Waals surface area contributed by atoms with E-state index in [9.17, 15) is 9.59 Å². The van der Waals surface area contributed by atoms with E-state index < -0.39 is 29.8 Å². The molecule has 0 bridgehead atoms. The van der Waals surface area contributed by atoms with Crippen LogP contribution in [0.25, 0.3) is 22.0 Å². The van der Waals surface area contributed by atoms with Gasteiger partial charge in [-0.15, -0.1) is 6.42 Å². The molecule has 11 heteroatoms. The molecule has 1 saturated heterocycles. The van der Waals surface area contributed by atoms with Crippen molar-refractivity contribution in [2.75, 3.05) is 19.0 Å². The number of carbonyl (C=O) groups is 2. The Labute approximate surface area is 243 Å². The lowest BCUT2D eigenvalue weighted by Gasteiger charge is -2.27. The van der Waals surface area contributed by atoms with E-state index in [2.05, 4.69) is 26.3 Å². The van der Waals surface area contributed by atoms with Gasteiger partial charge in [0, 0.05) is 54.1 Å². The SMILES string of the molecule is C#Cc1ccc2nc(Nc3cc(OC4CC(C(=O)OC)N(C(=O)OC(C)(C)C)C4)cc(-c4cnn(C)c4)c3)ncc2c1. The van der Waals surface area contributed by atoms with Crippen molar-refractivity contribution in [3.8, 4) is 29.2 Å². The zero-order chi connectivity index (χ0) is 30.0. The van der Waals surface area contributed by atoms with E-state index in [4.69, 9.17) is 20.6 Å². The van der Waals surface area contributed by atoms with Gasteiger partial charge in [-0.3, -0.25) is 9.58 Å². The molecule has 2 aromatic carbocycles. The smallest absolute Gasteiger partial charge is 0.411 e. The van der Waals surface area contributed by atoms with Crippen molar-refractivity contribution in [1.29, 1.82) is 0 Å². The molecule has 5 rings (SSSR count). The second kappa shape index (κ2) is 11.4. The molecule has 42 heavy (non-hydrogen) atoms. The number of aryl methyl sites for hydroxylation is 1. The lowest BCUT2D eigenvalue weighted by Crippen LogP contribution is -2.44. The summed E-state index contributed by atoms with van der Waals surface area (Å²) in [6.07, 6.45) is 10.0. The summed E-state index contributed by atoms with van der Waals surface area (Å²) in [4.78, 5) is 35.9. The van der Waals surface area contributed by atoms with Crippen LogP contribution in [0.1, 0.15) is 32.8 Å². The van der Waals surface area contributed by atoms with Crippen LogP contribution < -0.4 is 10.1 Å². The average Bonchev–Trinajstić information content (AvgIpc) is 3.58. The van der Waals surface area contributed by atoms with Crippen LogP contribution in [0.4, 0.5) is 16.4 Å². The highest BCUT2D eigenvalue weighted by atomic mass is 16.6. The number of benzene rings is 2. The Balaban J connectivity index is 1.43. The first-order chi connectivity index (χ1) is 20.0. The van der Waals surface area contributed by atoms with Gasteiger partial charge in [-0.2, -0.15) is 5.10 Å². The number of nitrogens with one attached hydrogen (secondary N) is 1. The van der Waals surface area contributed by atoms with E-state index in [-0.39, 0.29) is 13.0 Å². The number of anilines is 2. The van der Waals surface area contributed by atoms with E-state index in [1.54, 1.807) is 37.8 Å². The summed E-state index contributed by atoms with van der Waals surface area (Å²) in [7, 11) is 3.14. The maximum absolute atomic E-state index is 12.9. The fraction of sp³-hybridized carbons (Fsp3) is 0.323. The minimum Gasteiger partial charge on any atom is -0.488 e. The lowest BCUT2D eigenvalue weighted by atomic mass is 10.1. The van der Waals surface area contributed by atoms with E-state index in [0.717, 1.165) is 27.6 Å². The Morgan fingerprint density at radius 3 is 2.62 bits per heavy atom. The molecule has 1 fully saturated rings. The fourth-order valence-electron chi connectivity index (χ4n) is 4.75. The first-order valence-corrected chi connectivity index (χ1v) is 13.4. The van der Waals surface area contributed by atoms with Gasteiger partial charge in [0.05, 0.1) is 25.4 Å². The second-order valence-electron chi connectivity index (χ2n) is 11.0. The zero-order valence-electron chi connectivity index (χ0n) is 24.1. The Hall–Kier alpha value is -5.11. The normalized spacial score (nSPS) is 16.6. The van der Waals surface area contributed by atoms with Crippen molar-refractivity contribution in [2.24, 2.45) is 7.05 Å². The molecule has 0 spiro atoms. The summed E-state index contributed by atoms with van der Waals surface area (Å²) in [5.41, 5.74) is 3.18. The van der Waals surface area contributed by atoms with E-state index in [1.807, 2.05) is 49.6 Å². The third-order valence-corrected chi connectivity index (χ3v) is 6.61. The summed E-state index contributed by atoms with van der Waals surface area (Å²) in [5.74, 6) is 3.01. The molecular weight excluding hydrogens is 536 g/mol. The first kappa shape index (κ1) is 28.4. The molecular formula is C31H32N6O5. The molecule has 11 nitrogen and oxygen atoms in total. The molecule has 4 aromatic rings. The Morgan fingerprint density at radius 2 is 1.93 bits per heavy atom. The quantitative estimate of drug-likeness (QED) is 0.261. The van der Waals surface area contributed by atoms with Gasteiger partial charge in [-0.1, -0.05) is 5.92 Å². The molecule has 216 valence electrons. The molecule has 2 unspecified atom stereocenters. The standard InChI is InChI=1S/C31H32N6O5/c1-7-19-8-9-26-21(10-19)15-32-29(35-26)34-23-11-20(22-16-33-36(5)17-22)12-24(13-23)41-25-14-27(28(38)40-6)37(18-25)30(39)42-31(2,3)4/h1,8-13,15-17,25,27H,14,18H2,2-6H3,(H,32,34,35). The fourth-order valence-corrected chi connectivity index (χ4v) is 4.75. The third kappa shape index (κ3) is 6.44. The van der Waals surface area contributed by atoms with Crippen molar-refractivity contribution in [3.05, 3.63) is 60.6 Å². The third-order valence-electron chi connectivity index (χ3n) is 6.61. The van der Waals surface area contributed by atoms with Crippen LogP contribution in [0.3, 0.4) is 0 Å². The molecule has 1 N–H and O–H groups in total. The van der Waals surface area contributed by atoms with Gasteiger partial charge >= 0.3 is 12.1 Å². The summed E-state index contributed by atoms with van der Waals surface area (Å²) in [5, 5.41) is 8.39. The summed E-state index contributed by atoms with van der Waals surface area (Å²) in [6, 6.07) is 10.4. The molecule has 1 amide bonds. The molecule has 1 aliphatic rings. The number of esters is 1. The second-order valence-corrected chi connectivity index (χ2v) is 11.0. The minimum absolute atomic E-state index is 0.155. The van der Waals surface area contributed by atoms with Crippen LogP contribution in [0.15, 0.2) is 55.0 Å². The summed E-state index contributed by atoms with van der Waals surface area (Å²) >= 11 is 0. The number of methoxy groups -OCH3 is 1. The molecule has 2 atom stereocenters. The highest BCUT2D eigenvalue weighted by Crippen LogP contribution is 2.33. The number of rotatable bonds is 6. The molecule has 2 aromatic heterocycles. The lowest BCUT2D eigenvalue weighted by molar-refractivity contribution is -0.145. The molecule has 3 heterocycles. The van der Waals surface area contributed by atoms with Crippen LogP contribution in [-0.4, -0.2) is 68.1 Å². The number of amides is 1. The number of fused-ring (bicyclic) bond motifs is 1. The molecule has 0 aliphatic carbocycles. The highest BCUT2D eigenvalue weighted by Gasteiger charge is 2.43. The van der Waals surface area contributed by atoms with Crippen LogP contribution >= 0.6 is 0 Å². The Morgan fingerprint density at radius 1 is 1.12 bits per heavy atom. The van der Waals surface area contributed by atoms with Gasteiger partial charge in [0.1, 0.15) is 23.5 Å². The van der Waals surface area contributed by atoms with Crippen LogP contribution in [0.5, 0.6) is 5.75 Å². The van der Waals surface area contributed by atoms with Crippen molar-refractivity contribution in [2.45, 2.75) is 44.9 Å². The maximum atomic E-state index is 12.9. The number of terminal acetylenes is 1. The molecule has 0 radical (unpaired) electrons. The van der Waals surface area contributed by atoms with Crippen molar-refractivity contribution >= 4 is 34.6 Å². The van der Waals surface area contributed by atoms with Crippen molar-refractivity contribution in [3.63, 3.8) is 0 Å². The Bertz CT molecular complexity index is 1690. The number of nitrogens with zero attached hydrogens (tertiary/aromatic N) is 5. The number of likely N-dealkylation sites (tertiary alicyclic amines) is 1. The van der Waals surface area contributed by atoms with Crippen LogP contribution in [0, 0.1) is 12.3 Å². The van der Waals surface area contributed by atoms with Crippen molar-refractivity contribution < 1.29 is 23.8 Å². The van der Waals surface area contributed by atoms with Crippen molar-refractivity contribution in [1.82, 2.24) is 24.6 Å². The predicted octanol–water partition coefficient (Wildman–Crippen LogP) is 4.69. The maximum Gasteiger partial charge on any atom is 0.411 e. The first-order valence-electron chi connectivity index (χ1n) is 13.4. The topological polar surface area (TPSA) is 121 Å². The van der Waals surface area contributed by atoms with Gasteiger partial charge in [-0.05, 0) is 56.7 Å². The van der Waals surface area contributed by atoms with Crippen LogP contribution in [-0.2, 0) is 21.3 Å². The number of ether oxygens (including phenoxy) is 3. The van der Waals surface area contributed by atoms with Gasteiger partial charge in [0.15, 0.2) is 0 Å². The van der Waals surface area contributed by atoms with Gasteiger partial charge in [0.25, 0.3) is 0 Å². The predicted molar refractivity (Wildman–Crippen MR) is 157 cm³/mol. The van der Waals surface area contributed by atoms with Crippen LogP contribution in [0.2, 0.25) is 0 Å². The number of aromatic nitrogens is 4. The average molecular weight is 569 g/mol. The highest BCUT2D eigenvalue weighted by molar-refractivity contribution is 5.83. The van der Waals surface area contributed by atoms with Gasteiger partial charge in [-0.25, -0.2) is 19.6 Å². The largest absolute Gasteiger partial charge is 0.488 e.